The number of para-hydroxylation sites is 2. The molecule has 1 aliphatic rings. The molecule has 1 amide bonds. The smallest absolute Gasteiger partial charge is 0.272 e. The second-order valence-corrected chi connectivity index (χ2v) is 8.76. The number of rotatable bonds is 4. The molecule has 9 nitrogen and oxygen atoms in total. The zero-order valence-electron chi connectivity index (χ0n) is 16.8. The van der Waals surface area contributed by atoms with E-state index in [-0.39, 0.29) is 27.8 Å². The molecule has 0 radical (unpaired) electrons. The number of nitro benzene ring substituents is 1. The molecule has 162 valence electrons. The lowest BCUT2D eigenvalue weighted by Crippen LogP contribution is -2.38. The molecule has 3 aromatic carbocycles. The summed E-state index contributed by atoms with van der Waals surface area (Å²) in [6.07, 6.45) is 1.14. The maximum absolute atomic E-state index is 13.5. The molecular formula is C22H18N4O5S. The fourth-order valence-corrected chi connectivity index (χ4v) is 4.92. The van der Waals surface area contributed by atoms with Gasteiger partial charge in [-0.2, -0.15) is 0 Å². The second-order valence-electron chi connectivity index (χ2n) is 7.00. The van der Waals surface area contributed by atoms with Gasteiger partial charge in [0.15, 0.2) is 0 Å². The molecule has 0 unspecified atom stereocenters. The summed E-state index contributed by atoms with van der Waals surface area (Å²) in [6, 6.07) is 18.8. The van der Waals surface area contributed by atoms with Crippen molar-refractivity contribution in [3.05, 3.63) is 100 Å². The van der Waals surface area contributed by atoms with E-state index in [1.54, 1.807) is 42.5 Å². The van der Waals surface area contributed by atoms with E-state index < -0.39 is 20.9 Å². The number of carbonyl (C=O) groups is 1. The Morgan fingerprint density at radius 2 is 1.75 bits per heavy atom. The Balaban J connectivity index is 1.82. The van der Waals surface area contributed by atoms with Crippen LogP contribution in [0.4, 0.5) is 22.7 Å². The largest absolute Gasteiger partial charge is 0.340 e. The van der Waals surface area contributed by atoms with Crippen LogP contribution in [-0.4, -0.2) is 19.2 Å². The van der Waals surface area contributed by atoms with Gasteiger partial charge >= 0.3 is 0 Å². The van der Waals surface area contributed by atoms with Gasteiger partial charge in [-0.1, -0.05) is 36.4 Å². The highest BCUT2D eigenvalue weighted by molar-refractivity contribution is 7.93. The van der Waals surface area contributed by atoms with Crippen LogP contribution in [-0.2, 0) is 14.8 Å². The highest BCUT2D eigenvalue weighted by atomic mass is 32.2. The third kappa shape index (κ3) is 3.91. The first kappa shape index (κ1) is 21.1. The van der Waals surface area contributed by atoms with Crippen LogP contribution in [0, 0.1) is 17.0 Å². The van der Waals surface area contributed by atoms with Crippen molar-refractivity contribution < 1.29 is 18.1 Å². The van der Waals surface area contributed by atoms with Crippen LogP contribution < -0.4 is 14.9 Å². The number of nitrogens with one attached hydrogen (secondary N) is 2. The van der Waals surface area contributed by atoms with Crippen molar-refractivity contribution in [2.45, 2.75) is 11.8 Å². The number of aryl methyl sites for hydroxylation is 1. The van der Waals surface area contributed by atoms with Crippen molar-refractivity contribution >= 4 is 38.7 Å². The second kappa shape index (κ2) is 8.16. The number of anilines is 3. The van der Waals surface area contributed by atoms with E-state index in [9.17, 15) is 23.3 Å². The SMILES string of the molecule is Cc1ccccc1NC(=O)/C=C1/Nc2ccc([N+](=O)[O-])cc2S(=O)(=O)N1c1ccccc1. The van der Waals surface area contributed by atoms with Gasteiger partial charge in [0.1, 0.15) is 10.7 Å². The minimum absolute atomic E-state index is 0.0105. The lowest BCUT2D eigenvalue weighted by atomic mass is 10.2. The highest BCUT2D eigenvalue weighted by Gasteiger charge is 2.37. The summed E-state index contributed by atoms with van der Waals surface area (Å²) < 4.78 is 27.9. The molecule has 10 heteroatoms. The normalized spacial score (nSPS) is 15.5. The number of nitro groups is 1. The van der Waals surface area contributed by atoms with Crippen LogP contribution in [0.15, 0.2) is 89.6 Å². The molecule has 1 heterocycles. The Labute approximate surface area is 184 Å². The summed E-state index contributed by atoms with van der Waals surface area (Å²) in [5.41, 5.74) is 1.49. The van der Waals surface area contributed by atoms with Crippen LogP contribution >= 0.6 is 0 Å². The Morgan fingerprint density at radius 3 is 2.44 bits per heavy atom. The first-order valence-corrected chi connectivity index (χ1v) is 11.0. The van der Waals surface area contributed by atoms with Gasteiger partial charge in [-0.05, 0) is 36.8 Å². The van der Waals surface area contributed by atoms with E-state index in [0.717, 1.165) is 22.0 Å². The number of sulfonamides is 1. The lowest BCUT2D eigenvalue weighted by Gasteiger charge is -2.32. The van der Waals surface area contributed by atoms with Crippen LogP contribution in [0.5, 0.6) is 0 Å². The van der Waals surface area contributed by atoms with E-state index in [2.05, 4.69) is 10.6 Å². The van der Waals surface area contributed by atoms with Gasteiger partial charge in [0.05, 0.1) is 16.3 Å². The summed E-state index contributed by atoms with van der Waals surface area (Å²) in [7, 11) is -4.25. The number of nitrogens with zero attached hydrogens (tertiary/aromatic N) is 2. The summed E-state index contributed by atoms with van der Waals surface area (Å²) in [5, 5.41) is 16.8. The number of benzene rings is 3. The zero-order chi connectivity index (χ0) is 22.9. The van der Waals surface area contributed by atoms with Gasteiger partial charge in [-0.15, -0.1) is 0 Å². The number of hydrogen-bond acceptors (Lipinski definition) is 6. The van der Waals surface area contributed by atoms with Crippen LogP contribution in [0.1, 0.15) is 5.56 Å². The van der Waals surface area contributed by atoms with Gasteiger partial charge in [0.2, 0.25) is 0 Å². The minimum Gasteiger partial charge on any atom is -0.340 e. The van der Waals surface area contributed by atoms with Crippen molar-refractivity contribution in [3.63, 3.8) is 0 Å². The highest BCUT2D eigenvalue weighted by Crippen LogP contribution is 2.38. The van der Waals surface area contributed by atoms with Gasteiger partial charge in [0.25, 0.3) is 21.6 Å². The molecule has 0 spiro atoms. The number of non-ortho nitro benzene ring substituents is 1. The average molecular weight is 450 g/mol. The van der Waals surface area contributed by atoms with Crippen LogP contribution in [0.25, 0.3) is 0 Å². The third-order valence-corrected chi connectivity index (χ3v) is 6.62. The molecule has 0 fully saturated rings. The minimum atomic E-state index is -4.25. The first-order chi connectivity index (χ1) is 15.3. The summed E-state index contributed by atoms with van der Waals surface area (Å²) in [6.45, 7) is 1.84. The quantitative estimate of drug-likeness (QED) is 0.352. The number of fused-ring (bicyclic) bond motifs is 1. The van der Waals surface area contributed by atoms with Crippen molar-refractivity contribution in [3.8, 4) is 0 Å². The van der Waals surface area contributed by atoms with Crippen LogP contribution in [0.2, 0.25) is 0 Å². The molecule has 0 atom stereocenters. The summed E-state index contributed by atoms with van der Waals surface area (Å²) >= 11 is 0. The molecular weight excluding hydrogens is 432 g/mol. The van der Waals surface area contributed by atoms with Crippen molar-refractivity contribution in [2.75, 3.05) is 14.9 Å². The van der Waals surface area contributed by atoms with Crippen molar-refractivity contribution in [1.29, 1.82) is 0 Å². The Kier molecular flexibility index (Phi) is 5.37. The van der Waals surface area contributed by atoms with E-state index >= 15 is 0 Å². The number of hydrogen-bond donors (Lipinski definition) is 2. The molecule has 0 saturated heterocycles. The van der Waals surface area contributed by atoms with Gasteiger partial charge < -0.3 is 10.6 Å². The Morgan fingerprint density at radius 1 is 1.06 bits per heavy atom. The predicted octanol–water partition coefficient (Wildman–Crippen LogP) is 4.00. The maximum atomic E-state index is 13.5. The van der Waals surface area contributed by atoms with Gasteiger partial charge in [-0.25, -0.2) is 12.7 Å². The van der Waals surface area contributed by atoms with E-state index in [1.807, 2.05) is 19.1 Å². The average Bonchev–Trinajstić information content (AvgIpc) is 2.75. The molecule has 0 bridgehead atoms. The van der Waals surface area contributed by atoms with Gasteiger partial charge in [0, 0.05) is 23.9 Å². The zero-order valence-corrected chi connectivity index (χ0v) is 17.7. The lowest BCUT2D eigenvalue weighted by molar-refractivity contribution is -0.385. The van der Waals surface area contributed by atoms with Crippen molar-refractivity contribution in [2.24, 2.45) is 0 Å². The number of amides is 1. The topological polar surface area (TPSA) is 122 Å². The molecule has 0 aliphatic carbocycles. The van der Waals surface area contributed by atoms with E-state index in [1.165, 1.54) is 12.1 Å². The monoisotopic (exact) mass is 450 g/mol. The Hall–Kier alpha value is -4.18. The third-order valence-electron chi connectivity index (χ3n) is 4.84. The summed E-state index contributed by atoms with van der Waals surface area (Å²) in [5.74, 6) is -0.549. The van der Waals surface area contributed by atoms with Crippen molar-refractivity contribution in [1.82, 2.24) is 0 Å². The Bertz CT molecular complexity index is 1350. The molecule has 2 N–H and O–H groups in total. The fourth-order valence-electron chi connectivity index (χ4n) is 3.30. The number of carbonyl (C=O) groups excluding carboxylic acids is 1. The molecule has 0 saturated carbocycles. The maximum Gasteiger partial charge on any atom is 0.272 e. The van der Waals surface area contributed by atoms with E-state index in [4.69, 9.17) is 0 Å². The molecule has 4 rings (SSSR count). The van der Waals surface area contributed by atoms with Crippen LogP contribution in [0.3, 0.4) is 0 Å². The predicted molar refractivity (Wildman–Crippen MR) is 121 cm³/mol. The first-order valence-electron chi connectivity index (χ1n) is 9.51. The molecule has 1 aliphatic heterocycles. The van der Waals surface area contributed by atoms with E-state index in [0.29, 0.717) is 5.69 Å². The molecule has 32 heavy (non-hydrogen) atoms. The fraction of sp³-hybridized carbons (Fsp3) is 0.0455. The summed E-state index contributed by atoms with van der Waals surface area (Å²) in [4.78, 5) is 23.0. The van der Waals surface area contributed by atoms with Gasteiger partial charge in [-0.3, -0.25) is 14.9 Å². The molecule has 0 aromatic heterocycles. The molecule has 3 aromatic rings. The standard InChI is InChI=1S/C22H18N4O5S/c1-15-7-5-6-10-18(15)24-22(27)14-21-23-19-12-11-17(26(28)29)13-20(19)32(30,31)25(21)16-8-3-2-4-9-16/h2-14,23H,1H3,(H,24,27)/b21-14-.